The van der Waals surface area contributed by atoms with Crippen LogP contribution in [0.4, 0.5) is 5.69 Å². The third kappa shape index (κ3) is 8.23. The molecule has 0 aliphatic rings. The predicted molar refractivity (Wildman–Crippen MR) is 122 cm³/mol. The van der Waals surface area contributed by atoms with Crippen molar-refractivity contribution in [2.45, 2.75) is 60.0 Å². The van der Waals surface area contributed by atoms with Crippen molar-refractivity contribution in [3.05, 3.63) is 45.9 Å². The Morgan fingerprint density at radius 2 is 2.00 bits per heavy atom. The molecule has 7 heteroatoms. The van der Waals surface area contributed by atoms with E-state index in [2.05, 4.69) is 45.2 Å². The number of carbonyl (C=O) groups is 1. The number of rotatable bonds is 9. The zero-order chi connectivity index (χ0) is 21.2. The van der Waals surface area contributed by atoms with Crippen LogP contribution in [0.2, 0.25) is 0 Å². The molecule has 0 atom stereocenters. The van der Waals surface area contributed by atoms with Gasteiger partial charge in [0.1, 0.15) is 5.01 Å². The fraction of sp³-hybridized carbons (Fsp3) is 0.500. The molecular weight excluding hydrogens is 382 g/mol. The van der Waals surface area contributed by atoms with Gasteiger partial charge in [-0.25, -0.2) is 9.98 Å². The number of guanidine groups is 1. The molecule has 0 aliphatic carbocycles. The summed E-state index contributed by atoms with van der Waals surface area (Å²) in [6.07, 6.45) is 0.520. The van der Waals surface area contributed by atoms with Gasteiger partial charge in [-0.3, -0.25) is 4.79 Å². The lowest BCUT2D eigenvalue weighted by Crippen LogP contribution is -2.36. The van der Waals surface area contributed by atoms with Gasteiger partial charge in [0.2, 0.25) is 5.91 Å². The minimum atomic E-state index is 0.0415. The summed E-state index contributed by atoms with van der Waals surface area (Å²) in [4.78, 5) is 21.3. The standard InChI is InChI=1S/C22H33N5OS/c1-6-23-22(25-13-21-27-19(14-29-21)16(4)5)24-12-17-8-7-9-18(11-17)26-20(28)10-15(2)3/h7-9,11,14-16H,6,10,12-13H2,1-5H3,(H,26,28)(H2,23,24,25). The second-order valence-electron chi connectivity index (χ2n) is 7.72. The van der Waals surface area contributed by atoms with Crippen LogP contribution in [0.5, 0.6) is 0 Å². The van der Waals surface area contributed by atoms with Crippen LogP contribution < -0.4 is 16.0 Å². The molecule has 6 nitrogen and oxygen atoms in total. The topological polar surface area (TPSA) is 78.4 Å². The monoisotopic (exact) mass is 415 g/mol. The van der Waals surface area contributed by atoms with Crippen LogP contribution in [0.15, 0.2) is 34.6 Å². The summed E-state index contributed by atoms with van der Waals surface area (Å²) in [6, 6.07) is 7.84. The second-order valence-corrected chi connectivity index (χ2v) is 8.66. The first-order chi connectivity index (χ1) is 13.9. The lowest BCUT2D eigenvalue weighted by atomic mass is 10.1. The first-order valence-electron chi connectivity index (χ1n) is 10.2. The van der Waals surface area contributed by atoms with E-state index in [1.54, 1.807) is 11.3 Å². The Balaban J connectivity index is 1.96. The third-order valence-electron chi connectivity index (χ3n) is 4.14. The molecule has 0 radical (unpaired) electrons. The number of carbonyl (C=O) groups excluding carboxylic acids is 1. The molecule has 0 fully saturated rings. The molecule has 0 bridgehead atoms. The van der Waals surface area contributed by atoms with E-state index < -0.39 is 0 Å². The smallest absolute Gasteiger partial charge is 0.224 e. The highest BCUT2D eigenvalue weighted by Gasteiger charge is 2.07. The van der Waals surface area contributed by atoms with E-state index in [0.29, 0.717) is 31.3 Å². The Labute approximate surface area is 178 Å². The molecule has 0 saturated heterocycles. The highest BCUT2D eigenvalue weighted by molar-refractivity contribution is 7.09. The van der Waals surface area contributed by atoms with Crippen LogP contribution >= 0.6 is 11.3 Å². The Hall–Kier alpha value is -2.41. The number of hydrogen-bond acceptors (Lipinski definition) is 4. The summed E-state index contributed by atoms with van der Waals surface area (Å²) < 4.78 is 0. The molecule has 29 heavy (non-hydrogen) atoms. The largest absolute Gasteiger partial charge is 0.357 e. The number of thiazole rings is 1. The van der Waals surface area contributed by atoms with Gasteiger partial charge in [0.15, 0.2) is 5.96 Å². The van der Waals surface area contributed by atoms with Gasteiger partial charge < -0.3 is 16.0 Å². The van der Waals surface area contributed by atoms with E-state index in [1.165, 1.54) is 0 Å². The molecule has 3 N–H and O–H groups in total. The molecule has 1 amide bonds. The van der Waals surface area contributed by atoms with Gasteiger partial charge >= 0.3 is 0 Å². The normalized spacial score (nSPS) is 11.8. The summed E-state index contributed by atoms with van der Waals surface area (Å²) in [5.41, 5.74) is 2.98. The van der Waals surface area contributed by atoms with E-state index >= 15 is 0 Å². The molecule has 0 spiro atoms. The molecule has 1 heterocycles. The molecule has 1 aromatic heterocycles. The zero-order valence-electron chi connectivity index (χ0n) is 18.1. The molecular formula is C22H33N5OS. The Bertz CT molecular complexity index is 813. The first kappa shape index (κ1) is 22.9. The summed E-state index contributed by atoms with van der Waals surface area (Å²) in [5.74, 6) is 1.57. The highest BCUT2D eigenvalue weighted by atomic mass is 32.1. The number of nitrogens with zero attached hydrogens (tertiary/aromatic N) is 2. The maximum Gasteiger partial charge on any atom is 0.224 e. The van der Waals surface area contributed by atoms with E-state index in [9.17, 15) is 4.79 Å². The van der Waals surface area contributed by atoms with Gasteiger partial charge in [-0.05, 0) is 36.5 Å². The van der Waals surface area contributed by atoms with Crippen molar-refractivity contribution in [2.75, 3.05) is 11.9 Å². The summed E-state index contributed by atoms with van der Waals surface area (Å²) in [6.45, 7) is 12.4. The maximum absolute atomic E-state index is 12.0. The SMILES string of the molecule is CCNC(=NCc1cccc(NC(=O)CC(C)C)c1)NCc1nc(C(C)C)cs1. The average molecular weight is 416 g/mol. The van der Waals surface area contributed by atoms with Crippen molar-refractivity contribution >= 4 is 28.9 Å². The predicted octanol–water partition coefficient (Wildman–Crippen LogP) is 4.51. The number of aliphatic imine (C=N–C) groups is 1. The summed E-state index contributed by atoms with van der Waals surface area (Å²) in [5, 5.41) is 12.7. The molecule has 0 unspecified atom stereocenters. The number of nitrogens with one attached hydrogen (secondary N) is 3. The molecule has 0 aliphatic heterocycles. The highest BCUT2D eigenvalue weighted by Crippen LogP contribution is 2.17. The molecule has 0 saturated carbocycles. The van der Waals surface area contributed by atoms with Crippen LogP contribution in [0, 0.1) is 5.92 Å². The minimum absolute atomic E-state index is 0.0415. The second kappa shape index (κ2) is 11.6. The number of amides is 1. The Kier molecular flexibility index (Phi) is 9.12. The fourth-order valence-corrected chi connectivity index (χ4v) is 3.57. The van der Waals surface area contributed by atoms with Crippen molar-refractivity contribution in [2.24, 2.45) is 10.9 Å². The van der Waals surface area contributed by atoms with E-state index in [0.717, 1.165) is 34.5 Å². The van der Waals surface area contributed by atoms with Crippen LogP contribution in [0.1, 0.15) is 63.2 Å². The number of anilines is 1. The summed E-state index contributed by atoms with van der Waals surface area (Å²) in [7, 11) is 0. The average Bonchev–Trinajstić information content (AvgIpc) is 3.13. The Morgan fingerprint density at radius 1 is 1.21 bits per heavy atom. The maximum atomic E-state index is 12.0. The molecule has 2 aromatic rings. The van der Waals surface area contributed by atoms with E-state index in [1.807, 2.05) is 45.0 Å². The van der Waals surface area contributed by atoms with Crippen LogP contribution in [-0.4, -0.2) is 23.4 Å². The molecule has 158 valence electrons. The zero-order valence-corrected chi connectivity index (χ0v) is 18.9. The van der Waals surface area contributed by atoms with Crippen molar-refractivity contribution in [1.29, 1.82) is 0 Å². The van der Waals surface area contributed by atoms with Gasteiger partial charge in [0.05, 0.1) is 18.8 Å². The van der Waals surface area contributed by atoms with Crippen LogP contribution in [-0.2, 0) is 17.9 Å². The number of benzene rings is 1. The van der Waals surface area contributed by atoms with Crippen molar-refractivity contribution < 1.29 is 4.79 Å². The molecule has 1 aromatic carbocycles. The van der Waals surface area contributed by atoms with Gasteiger partial charge in [-0.1, -0.05) is 39.8 Å². The van der Waals surface area contributed by atoms with Gasteiger partial charge in [-0.15, -0.1) is 11.3 Å². The first-order valence-corrected chi connectivity index (χ1v) is 11.1. The number of aromatic nitrogens is 1. The fourth-order valence-electron chi connectivity index (χ4n) is 2.67. The van der Waals surface area contributed by atoms with E-state index in [-0.39, 0.29) is 5.91 Å². The van der Waals surface area contributed by atoms with Gasteiger partial charge in [-0.2, -0.15) is 0 Å². The summed E-state index contributed by atoms with van der Waals surface area (Å²) >= 11 is 1.67. The Morgan fingerprint density at radius 3 is 2.66 bits per heavy atom. The third-order valence-corrected chi connectivity index (χ3v) is 5.00. The van der Waals surface area contributed by atoms with Gasteiger partial charge in [0, 0.05) is 24.0 Å². The minimum Gasteiger partial charge on any atom is -0.357 e. The van der Waals surface area contributed by atoms with Crippen molar-refractivity contribution in [3.8, 4) is 0 Å². The quantitative estimate of drug-likeness (QED) is 0.416. The van der Waals surface area contributed by atoms with Crippen molar-refractivity contribution in [3.63, 3.8) is 0 Å². The van der Waals surface area contributed by atoms with Crippen LogP contribution in [0.3, 0.4) is 0 Å². The van der Waals surface area contributed by atoms with Crippen LogP contribution in [0.25, 0.3) is 0 Å². The van der Waals surface area contributed by atoms with Gasteiger partial charge in [0.25, 0.3) is 0 Å². The lowest BCUT2D eigenvalue weighted by molar-refractivity contribution is -0.116. The van der Waals surface area contributed by atoms with Crippen molar-refractivity contribution in [1.82, 2.24) is 15.6 Å². The number of hydrogen-bond donors (Lipinski definition) is 3. The molecule has 2 rings (SSSR count). The lowest BCUT2D eigenvalue weighted by Gasteiger charge is -2.11. The van der Waals surface area contributed by atoms with E-state index in [4.69, 9.17) is 0 Å².